The molecule has 0 aromatic rings. The van der Waals surface area contributed by atoms with E-state index in [0.717, 1.165) is 38.6 Å². The Hall–Kier alpha value is -0.570. The number of carbonyl (C=O) groups is 1. The molecule has 0 radical (unpaired) electrons. The van der Waals surface area contributed by atoms with Gasteiger partial charge in [-0.15, -0.1) is 0 Å². The molecule has 0 aliphatic carbocycles. The van der Waals surface area contributed by atoms with Gasteiger partial charge in [0, 0.05) is 26.1 Å². The molecule has 0 N–H and O–H groups in total. The molecule has 0 spiro atoms. The Bertz CT molecular complexity index is 206. The molecule has 0 aromatic heterocycles. The summed E-state index contributed by atoms with van der Waals surface area (Å²) in [5.41, 5.74) is 0. The highest BCUT2D eigenvalue weighted by Gasteiger charge is 2.20. The Morgan fingerprint density at radius 3 is 2.31 bits per heavy atom. The summed E-state index contributed by atoms with van der Waals surface area (Å²) in [7, 11) is 0. The van der Waals surface area contributed by atoms with Crippen molar-refractivity contribution >= 4 is 5.91 Å². The minimum absolute atomic E-state index is 0.346. The minimum atomic E-state index is 0.346. The molecule has 3 nitrogen and oxygen atoms in total. The van der Waals surface area contributed by atoms with Crippen molar-refractivity contribution < 1.29 is 4.79 Å². The molecule has 0 aromatic carbocycles. The van der Waals surface area contributed by atoms with E-state index in [0.29, 0.717) is 12.3 Å². The van der Waals surface area contributed by atoms with Gasteiger partial charge < -0.3 is 9.80 Å². The molecule has 0 atom stereocenters. The molecule has 1 heterocycles. The third-order valence-corrected chi connectivity index (χ3v) is 3.67. The molecule has 1 saturated heterocycles. The molecule has 3 heteroatoms. The van der Waals surface area contributed by atoms with Gasteiger partial charge in [-0.3, -0.25) is 4.79 Å². The fourth-order valence-electron chi connectivity index (χ4n) is 2.21. The van der Waals surface area contributed by atoms with E-state index in [1.54, 1.807) is 0 Å². The molecule has 94 valence electrons. The number of carbonyl (C=O) groups excluding carboxylic acids is 1. The highest BCUT2D eigenvalue weighted by Crippen LogP contribution is 2.16. The van der Waals surface area contributed by atoms with Crippen molar-refractivity contribution in [3.63, 3.8) is 0 Å². The first-order valence-corrected chi connectivity index (χ1v) is 6.67. The number of amides is 1. The van der Waals surface area contributed by atoms with Gasteiger partial charge in [0.25, 0.3) is 0 Å². The summed E-state index contributed by atoms with van der Waals surface area (Å²) < 4.78 is 0. The molecular formula is C13H26N2O. The summed E-state index contributed by atoms with van der Waals surface area (Å²) >= 11 is 0. The predicted octanol–water partition coefficient (Wildman–Crippen LogP) is 1.98. The van der Waals surface area contributed by atoms with E-state index in [-0.39, 0.29) is 0 Å². The van der Waals surface area contributed by atoms with Crippen molar-refractivity contribution in [2.24, 2.45) is 5.92 Å². The normalized spacial score (nSPS) is 18.1. The van der Waals surface area contributed by atoms with Crippen LogP contribution in [0.4, 0.5) is 0 Å². The zero-order valence-corrected chi connectivity index (χ0v) is 11.0. The monoisotopic (exact) mass is 226 g/mol. The van der Waals surface area contributed by atoms with Crippen molar-refractivity contribution in [2.75, 3.05) is 32.7 Å². The first-order valence-electron chi connectivity index (χ1n) is 6.67. The molecule has 1 rings (SSSR count). The Labute approximate surface area is 99.8 Å². The number of rotatable bonds is 5. The topological polar surface area (TPSA) is 23.6 Å². The maximum atomic E-state index is 11.9. The molecule has 1 amide bonds. The van der Waals surface area contributed by atoms with E-state index < -0.39 is 0 Å². The summed E-state index contributed by atoms with van der Waals surface area (Å²) in [5.74, 6) is 1.14. The van der Waals surface area contributed by atoms with Gasteiger partial charge >= 0.3 is 0 Å². The fourth-order valence-corrected chi connectivity index (χ4v) is 2.21. The zero-order valence-electron chi connectivity index (χ0n) is 11.0. The number of piperidine rings is 1. The minimum Gasteiger partial charge on any atom is -0.343 e. The molecule has 0 saturated carbocycles. The van der Waals surface area contributed by atoms with E-state index in [1.807, 2.05) is 4.90 Å². The Balaban J connectivity index is 2.24. The Morgan fingerprint density at radius 1 is 1.25 bits per heavy atom. The Kier molecular flexibility index (Phi) is 5.81. The molecule has 0 bridgehead atoms. The van der Waals surface area contributed by atoms with Gasteiger partial charge in [-0.25, -0.2) is 0 Å². The number of nitrogens with zero attached hydrogens (tertiary/aromatic N) is 2. The van der Waals surface area contributed by atoms with E-state index in [4.69, 9.17) is 0 Å². The highest BCUT2D eigenvalue weighted by molar-refractivity contribution is 5.76. The second kappa shape index (κ2) is 6.89. The van der Waals surface area contributed by atoms with E-state index in [1.165, 1.54) is 12.8 Å². The first kappa shape index (κ1) is 13.5. The third-order valence-electron chi connectivity index (χ3n) is 3.67. The van der Waals surface area contributed by atoms with E-state index >= 15 is 0 Å². The van der Waals surface area contributed by atoms with E-state index in [9.17, 15) is 4.79 Å². The number of likely N-dealkylation sites (tertiary alicyclic amines) is 1. The van der Waals surface area contributed by atoms with Crippen LogP contribution in [-0.2, 0) is 4.79 Å². The van der Waals surface area contributed by atoms with Crippen molar-refractivity contribution in [3.05, 3.63) is 0 Å². The van der Waals surface area contributed by atoms with Gasteiger partial charge in [0.15, 0.2) is 0 Å². The summed E-state index contributed by atoms with van der Waals surface area (Å²) in [6.07, 6.45) is 3.05. The fraction of sp³-hybridized carbons (Fsp3) is 0.923. The van der Waals surface area contributed by atoms with Crippen molar-refractivity contribution in [1.82, 2.24) is 9.80 Å². The van der Waals surface area contributed by atoms with Crippen LogP contribution < -0.4 is 0 Å². The van der Waals surface area contributed by atoms with Gasteiger partial charge in [-0.2, -0.15) is 0 Å². The van der Waals surface area contributed by atoms with Crippen LogP contribution >= 0.6 is 0 Å². The van der Waals surface area contributed by atoms with Crippen LogP contribution in [0.5, 0.6) is 0 Å². The van der Waals surface area contributed by atoms with Crippen molar-refractivity contribution in [2.45, 2.75) is 40.0 Å². The summed E-state index contributed by atoms with van der Waals surface area (Å²) in [6, 6.07) is 0. The first-order chi connectivity index (χ1) is 7.67. The maximum absolute atomic E-state index is 11.9. The van der Waals surface area contributed by atoms with Gasteiger partial charge in [-0.05, 0) is 31.8 Å². The second-order valence-electron chi connectivity index (χ2n) is 4.84. The molecule has 1 aliphatic rings. The lowest BCUT2D eigenvalue weighted by Crippen LogP contribution is -2.39. The van der Waals surface area contributed by atoms with Crippen LogP contribution in [0.1, 0.15) is 40.0 Å². The lowest BCUT2D eigenvalue weighted by atomic mass is 9.99. The zero-order chi connectivity index (χ0) is 12.0. The number of hydrogen-bond donors (Lipinski definition) is 0. The third kappa shape index (κ3) is 4.12. The number of hydrogen-bond acceptors (Lipinski definition) is 2. The van der Waals surface area contributed by atoms with E-state index in [2.05, 4.69) is 25.7 Å². The highest BCUT2D eigenvalue weighted by atomic mass is 16.2. The lowest BCUT2D eigenvalue weighted by Gasteiger charge is -2.31. The van der Waals surface area contributed by atoms with Crippen LogP contribution in [-0.4, -0.2) is 48.4 Å². The lowest BCUT2D eigenvalue weighted by molar-refractivity contribution is -0.132. The SMILES string of the molecule is CCN(CC)CCC(=O)N1CCC(C)CC1. The van der Waals surface area contributed by atoms with Gasteiger partial charge in [0.1, 0.15) is 0 Å². The van der Waals surface area contributed by atoms with Gasteiger partial charge in [0.2, 0.25) is 5.91 Å². The van der Waals surface area contributed by atoms with Crippen LogP contribution in [0.15, 0.2) is 0 Å². The van der Waals surface area contributed by atoms with Crippen LogP contribution in [0.3, 0.4) is 0 Å². The summed E-state index contributed by atoms with van der Waals surface area (Å²) in [6.45, 7) is 11.5. The largest absolute Gasteiger partial charge is 0.343 e. The molecule has 16 heavy (non-hydrogen) atoms. The van der Waals surface area contributed by atoms with Crippen LogP contribution in [0, 0.1) is 5.92 Å². The molecule has 1 fully saturated rings. The Morgan fingerprint density at radius 2 is 1.81 bits per heavy atom. The summed E-state index contributed by atoms with van der Waals surface area (Å²) in [5, 5.41) is 0. The van der Waals surface area contributed by atoms with Gasteiger partial charge in [0.05, 0.1) is 0 Å². The average Bonchev–Trinajstić information content (AvgIpc) is 2.31. The standard InChI is InChI=1S/C13H26N2O/c1-4-14(5-2)9-8-13(16)15-10-6-12(3)7-11-15/h12H,4-11H2,1-3H3. The molecule has 0 unspecified atom stereocenters. The maximum Gasteiger partial charge on any atom is 0.223 e. The van der Waals surface area contributed by atoms with Crippen molar-refractivity contribution in [1.29, 1.82) is 0 Å². The average molecular weight is 226 g/mol. The predicted molar refractivity (Wildman–Crippen MR) is 67.4 cm³/mol. The van der Waals surface area contributed by atoms with Gasteiger partial charge in [-0.1, -0.05) is 20.8 Å². The smallest absolute Gasteiger partial charge is 0.223 e. The summed E-state index contributed by atoms with van der Waals surface area (Å²) in [4.78, 5) is 16.3. The molecular weight excluding hydrogens is 200 g/mol. The molecule has 1 aliphatic heterocycles. The van der Waals surface area contributed by atoms with Crippen LogP contribution in [0.25, 0.3) is 0 Å². The van der Waals surface area contributed by atoms with Crippen LogP contribution in [0.2, 0.25) is 0 Å². The quantitative estimate of drug-likeness (QED) is 0.715. The van der Waals surface area contributed by atoms with Crippen molar-refractivity contribution in [3.8, 4) is 0 Å². The second-order valence-corrected chi connectivity index (χ2v) is 4.84.